The molecule has 3 saturated heterocycles. The van der Waals surface area contributed by atoms with Crippen molar-refractivity contribution in [3.63, 3.8) is 0 Å². The van der Waals surface area contributed by atoms with Crippen LogP contribution < -0.4 is 5.32 Å². The molecule has 19 heteroatoms. The molecule has 3 aliphatic heterocycles. The molecule has 0 aliphatic carbocycles. The van der Waals surface area contributed by atoms with Gasteiger partial charge in [0.2, 0.25) is 5.91 Å². The van der Waals surface area contributed by atoms with Gasteiger partial charge >= 0.3 is 0 Å². The molecule has 3 aliphatic rings. The van der Waals surface area contributed by atoms with Crippen molar-refractivity contribution in [3.8, 4) is 0 Å². The molecule has 19 nitrogen and oxygen atoms in total. The van der Waals surface area contributed by atoms with Crippen molar-refractivity contribution in [1.29, 1.82) is 0 Å². The van der Waals surface area contributed by atoms with Gasteiger partial charge in [0.05, 0.1) is 38.6 Å². The van der Waals surface area contributed by atoms with Crippen LogP contribution in [0, 0.1) is 0 Å². The zero-order chi connectivity index (χ0) is 78.8. The second-order valence-electron chi connectivity index (χ2n) is 31.7. The van der Waals surface area contributed by atoms with Crippen LogP contribution in [-0.4, -0.2) is 193 Å². The molecule has 3 fully saturated rings. The first-order valence-corrected chi connectivity index (χ1v) is 44.7. The van der Waals surface area contributed by atoms with Crippen LogP contribution in [0.2, 0.25) is 0 Å². The van der Waals surface area contributed by atoms with Crippen molar-refractivity contribution < 1.29 is 89.4 Å². The minimum absolute atomic E-state index is 0.243. The van der Waals surface area contributed by atoms with Gasteiger partial charge in [-0.25, -0.2) is 0 Å². The van der Waals surface area contributed by atoms with E-state index in [1.54, 1.807) is 6.08 Å². The predicted octanol–water partition coefficient (Wildman–Crippen LogP) is 16.7. The van der Waals surface area contributed by atoms with Crippen molar-refractivity contribution >= 4 is 5.91 Å². The second-order valence-corrected chi connectivity index (χ2v) is 31.7. The van der Waals surface area contributed by atoms with Crippen molar-refractivity contribution in [3.05, 3.63) is 72.9 Å². The fraction of sp³-hybridized carbons (Fsp3) is 0.856. The Morgan fingerprint density at radius 3 is 0.991 bits per heavy atom. The second kappa shape index (κ2) is 69.5. The third kappa shape index (κ3) is 48.4. The van der Waals surface area contributed by atoms with Gasteiger partial charge < -0.3 is 89.9 Å². The third-order valence-electron chi connectivity index (χ3n) is 22.0. The first kappa shape index (κ1) is 100. The molecule has 0 aromatic heterocycles. The number of carbonyl (C=O) groups is 1. The number of aliphatic hydroxyl groups excluding tert-OH is 11. The van der Waals surface area contributed by atoms with Crippen LogP contribution in [0.5, 0.6) is 0 Å². The maximum absolute atomic E-state index is 13.5. The van der Waals surface area contributed by atoms with Crippen LogP contribution in [0.15, 0.2) is 72.9 Å². The monoisotopic (exact) mass is 1550 g/mol. The van der Waals surface area contributed by atoms with Gasteiger partial charge in [-0.3, -0.25) is 4.79 Å². The van der Waals surface area contributed by atoms with E-state index in [0.717, 1.165) is 77.0 Å². The number of hydrogen-bond donors (Lipinski definition) is 12. The van der Waals surface area contributed by atoms with E-state index in [4.69, 9.17) is 28.4 Å². The Balaban J connectivity index is 1.33. The van der Waals surface area contributed by atoms with E-state index in [1.807, 2.05) is 6.08 Å². The van der Waals surface area contributed by atoms with Crippen LogP contribution in [0.25, 0.3) is 0 Å². The van der Waals surface area contributed by atoms with Gasteiger partial charge in [0.1, 0.15) is 73.2 Å². The molecule has 0 aromatic carbocycles. The van der Waals surface area contributed by atoms with Crippen LogP contribution in [0.4, 0.5) is 0 Å². The quantitative estimate of drug-likeness (QED) is 0.0199. The summed E-state index contributed by atoms with van der Waals surface area (Å²) in [5.41, 5.74) is 0. The summed E-state index contributed by atoms with van der Waals surface area (Å²) >= 11 is 0. The highest BCUT2D eigenvalue weighted by Gasteiger charge is 2.54. The summed E-state index contributed by atoms with van der Waals surface area (Å²) in [6.07, 6.45) is 66.2. The molecule has 0 bridgehead atoms. The summed E-state index contributed by atoms with van der Waals surface area (Å²) in [5, 5.41) is 121. The number of carbonyl (C=O) groups excluding carboxylic acids is 1. The summed E-state index contributed by atoms with van der Waals surface area (Å²) in [4.78, 5) is 13.5. The van der Waals surface area contributed by atoms with Gasteiger partial charge in [-0.1, -0.05) is 363 Å². The third-order valence-corrected chi connectivity index (χ3v) is 22.0. The number of ether oxygens (including phenoxy) is 6. The molecule has 3 rings (SSSR count). The molecule has 109 heavy (non-hydrogen) atoms. The lowest BCUT2D eigenvalue weighted by molar-refractivity contribution is -0.379. The molecule has 17 unspecified atom stereocenters. The number of rotatable bonds is 72. The van der Waals surface area contributed by atoms with Crippen molar-refractivity contribution in [2.75, 3.05) is 26.4 Å². The standard InChI is InChI=1S/C90H163NO18/c1-3-5-7-9-11-13-15-17-19-21-23-25-27-29-31-33-35-36-38-40-42-44-46-48-50-52-54-56-58-60-62-64-66-68-78(96)91-73(74(95)67-65-63-61-59-57-55-53-51-49-47-45-43-41-39-37-34-32-30-28-26-24-22-20-18-16-14-12-10-8-6-4-2)72-104-88-84(102)81(99)86(76(70-93)106-88)109-90-85(103)82(100)87(77(71-94)107-90)108-89-83(101)80(98)79(97)75(69-92)105-89/h5,7,11,13,17,19,23,25,29,31,65,67,73-77,79-90,92-95,97-103H,3-4,6,8-10,12,14-16,18,20-22,24,26-28,30,32-64,66,68-72H2,1-2H3,(H,91,96)/b7-5-,13-11-,19-17-,25-23-,31-29-,67-65+. The molecule has 0 saturated carbocycles. The van der Waals surface area contributed by atoms with Crippen molar-refractivity contribution in [2.24, 2.45) is 0 Å². The topological polar surface area (TPSA) is 307 Å². The molecule has 0 radical (unpaired) electrons. The Morgan fingerprint density at radius 2 is 0.633 bits per heavy atom. The SMILES string of the molecule is CC/C=C\C/C=C\C/C=C\C/C=C\C/C=C\CCCCCCCCCCCCCCCCCCCC(=O)NC(COC1OC(CO)C(OC2OC(CO)C(OC3OC(CO)C(O)C(O)C3O)C(O)C2O)C(O)C1O)C(O)/C=C/CCCCCCCCCCCCCCCCCCCCCCCCCCCCCCC. The van der Waals surface area contributed by atoms with Crippen molar-refractivity contribution in [1.82, 2.24) is 5.32 Å². The van der Waals surface area contributed by atoms with E-state index in [2.05, 4.69) is 79.9 Å². The van der Waals surface area contributed by atoms with Gasteiger partial charge in [-0.05, 0) is 64.2 Å². The fourth-order valence-corrected chi connectivity index (χ4v) is 14.9. The molecule has 3 heterocycles. The van der Waals surface area contributed by atoms with E-state index in [1.165, 1.54) is 257 Å². The minimum atomic E-state index is -1.98. The highest BCUT2D eigenvalue weighted by molar-refractivity contribution is 5.76. The Kier molecular flexibility index (Phi) is 64.1. The van der Waals surface area contributed by atoms with Gasteiger partial charge in [-0.15, -0.1) is 0 Å². The lowest BCUT2D eigenvalue weighted by Gasteiger charge is -2.48. The van der Waals surface area contributed by atoms with E-state index in [-0.39, 0.29) is 18.9 Å². The summed E-state index contributed by atoms with van der Waals surface area (Å²) < 4.78 is 34.5. The van der Waals surface area contributed by atoms with Gasteiger partial charge in [-0.2, -0.15) is 0 Å². The summed E-state index contributed by atoms with van der Waals surface area (Å²) in [6.45, 7) is 1.68. The minimum Gasteiger partial charge on any atom is -0.394 e. The molecule has 1 amide bonds. The Bertz CT molecular complexity index is 2250. The van der Waals surface area contributed by atoms with E-state index in [0.29, 0.717) is 6.42 Å². The molecule has 0 spiro atoms. The van der Waals surface area contributed by atoms with Crippen LogP contribution in [0.1, 0.15) is 361 Å². The highest BCUT2D eigenvalue weighted by Crippen LogP contribution is 2.34. The van der Waals surface area contributed by atoms with Crippen LogP contribution in [0.3, 0.4) is 0 Å². The summed E-state index contributed by atoms with van der Waals surface area (Å²) in [6, 6.07) is -0.978. The van der Waals surface area contributed by atoms with Gasteiger partial charge in [0.25, 0.3) is 0 Å². The van der Waals surface area contributed by atoms with Crippen LogP contribution >= 0.6 is 0 Å². The van der Waals surface area contributed by atoms with E-state index < -0.39 is 124 Å². The normalized spacial score (nSPS) is 25.6. The molecule has 636 valence electrons. The Hall–Kier alpha value is -2.77. The first-order valence-electron chi connectivity index (χ1n) is 44.7. The van der Waals surface area contributed by atoms with E-state index in [9.17, 15) is 61.0 Å². The maximum Gasteiger partial charge on any atom is 0.220 e. The average Bonchev–Trinajstić information content (AvgIpc) is 0.782. The predicted molar refractivity (Wildman–Crippen MR) is 438 cm³/mol. The molecule has 17 atom stereocenters. The molecule has 0 aromatic rings. The number of unbranched alkanes of at least 4 members (excludes halogenated alkanes) is 46. The molecular formula is C90H163NO18. The summed E-state index contributed by atoms with van der Waals surface area (Å²) in [7, 11) is 0. The number of nitrogens with one attached hydrogen (secondary N) is 1. The molecular weight excluding hydrogens is 1380 g/mol. The first-order chi connectivity index (χ1) is 53.3. The average molecular weight is 1550 g/mol. The van der Waals surface area contributed by atoms with Gasteiger partial charge in [0, 0.05) is 6.42 Å². The van der Waals surface area contributed by atoms with Gasteiger partial charge in [0.15, 0.2) is 18.9 Å². The van der Waals surface area contributed by atoms with E-state index >= 15 is 0 Å². The number of hydrogen-bond acceptors (Lipinski definition) is 18. The maximum atomic E-state index is 13.5. The Morgan fingerprint density at radius 1 is 0.339 bits per heavy atom. The summed E-state index contributed by atoms with van der Waals surface area (Å²) in [5.74, 6) is -0.271. The molecule has 12 N–H and O–H groups in total. The zero-order valence-electron chi connectivity index (χ0n) is 68.5. The lowest BCUT2D eigenvalue weighted by Crippen LogP contribution is -2.66. The number of amides is 1. The highest BCUT2D eigenvalue weighted by atomic mass is 16.8. The Labute approximate surface area is 661 Å². The fourth-order valence-electron chi connectivity index (χ4n) is 14.9. The van der Waals surface area contributed by atoms with Crippen molar-refractivity contribution in [2.45, 2.75) is 465 Å². The number of allylic oxidation sites excluding steroid dienone is 11. The smallest absolute Gasteiger partial charge is 0.220 e. The van der Waals surface area contributed by atoms with Crippen LogP contribution in [-0.2, 0) is 33.2 Å². The zero-order valence-corrected chi connectivity index (χ0v) is 68.5. The lowest BCUT2D eigenvalue weighted by atomic mass is 9.96. The largest absolute Gasteiger partial charge is 0.394 e. The number of aliphatic hydroxyl groups is 11.